The Bertz CT molecular complexity index is 1180. The van der Waals surface area contributed by atoms with E-state index in [2.05, 4.69) is 47.4 Å². The topological polar surface area (TPSA) is 59.0 Å². The fraction of sp³-hybridized carbons (Fsp3) is 0.345. The van der Waals surface area contributed by atoms with Gasteiger partial charge in [0.2, 0.25) is 0 Å². The Kier molecular flexibility index (Phi) is 6.93. The maximum absolute atomic E-state index is 11.4. The van der Waals surface area contributed by atoms with Crippen molar-refractivity contribution in [1.29, 1.82) is 0 Å². The zero-order valence-corrected chi connectivity index (χ0v) is 19.4. The molecule has 2 aliphatic heterocycles. The van der Waals surface area contributed by atoms with Crippen molar-refractivity contribution in [3.8, 4) is 5.75 Å². The van der Waals surface area contributed by atoms with Gasteiger partial charge in [-0.3, -0.25) is 4.79 Å². The monoisotopic (exact) mass is 457 g/mol. The molecule has 0 amide bonds. The predicted octanol–water partition coefficient (Wildman–Crippen LogP) is 5.14. The number of ether oxygens (including phenoxy) is 2. The van der Waals surface area contributed by atoms with Crippen LogP contribution in [0, 0.1) is 0 Å². The quantitative estimate of drug-likeness (QED) is 0.498. The maximum Gasteiger partial charge on any atom is 0.311 e. The van der Waals surface area contributed by atoms with E-state index in [0.717, 1.165) is 31.5 Å². The van der Waals surface area contributed by atoms with Gasteiger partial charge in [0.25, 0.3) is 0 Å². The average molecular weight is 458 g/mol. The lowest BCUT2D eigenvalue weighted by Gasteiger charge is -2.33. The van der Waals surface area contributed by atoms with E-state index in [1.54, 1.807) is 0 Å². The molecule has 2 heterocycles. The number of cyclic esters (lactones) is 1. The van der Waals surface area contributed by atoms with Gasteiger partial charge < -0.3 is 19.5 Å². The summed E-state index contributed by atoms with van der Waals surface area (Å²) in [7, 11) is 0. The van der Waals surface area contributed by atoms with Gasteiger partial charge in [0.1, 0.15) is 24.2 Å². The van der Waals surface area contributed by atoms with E-state index < -0.39 is 6.10 Å². The van der Waals surface area contributed by atoms with Crippen LogP contribution < -0.4 is 4.74 Å². The van der Waals surface area contributed by atoms with Crippen LogP contribution in [0.5, 0.6) is 5.75 Å². The number of para-hydroxylation sites is 1. The van der Waals surface area contributed by atoms with Crippen LogP contribution in [0.25, 0.3) is 16.8 Å². The number of aliphatic hydroxyl groups is 1. The molecule has 1 atom stereocenters. The van der Waals surface area contributed by atoms with Crippen molar-refractivity contribution in [1.82, 2.24) is 4.90 Å². The molecule has 5 heteroatoms. The van der Waals surface area contributed by atoms with Crippen molar-refractivity contribution < 1.29 is 19.4 Å². The largest absolute Gasteiger partial charge is 0.490 e. The molecule has 2 fully saturated rings. The summed E-state index contributed by atoms with van der Waals surface area (Å²) < 4.78 is 11.2. The first kappa shape index (κ1) is 22.6. The van der Waals surface area contributed by atoms with Crippen molar-refractivity contribution >= 4 is 22.8 Å². The first-order valence-corrected chi connectivity index (χ1v) is 12.2. The highest BCUT2D eigenvalue weighted by molar-refractivity contribution is 5.83. The van der Waals surface area contributed by atoms with Crippen LogP contribution in [0.15, 0.2) is 72.5 Å². The second-order valence-corrected chi connectivity index (χ2v) is 9.27. The first-order chi connectivity index (χ1) is 16.6. The lowest BCUT2D eigenvalue weighted by Crippen LogP contribution is -2.40. The summed E-state index contributed by atoms with van der Waals surface area (Å²) in [5, 5.41) is 13.2. The molecule has 0 radical (unpaired) electrons. The normalized spacial score (nSPS) is 19.4. The van der Waals surface area contributed by atoms with Crippen LogP contribution in [-0.2, 0) is 9.53 Å². The highest BCUT2D eigenvalue weighted by Crippen LogP contribution is 2.30. The van der Waals surface area contributed by atoms with E-state index in [9.17, 15) is 9.90 Å². The number of hydrogen-bond acceptors (Lipinski definition) is 5. The fourth-order valence-electron chi connectivity index (χ4n) is 4.93. The molecule has 0 unspecified atom stereocenters. The third-order valence-electron chi connectivity index (χ3n) is 6.79. The first-order valence-electron chi connectivity index (χ1n) is 12.2. The van der Waals surface area contributed by atoms with Crippen LogP contribution in [-0.4, -0.2) is 48.3 Å². The number of aliphatic hydroxyl groups excluding tert-OH is 1. The minimum absolute atomic E-state index is 0.190. The Morgan fingerprint density at radius 2 is 1.76 bits per heavy atom. The van der Waals surface area contributed by atoms with E-state index in [4.69, 9.17) is 9.47 Å². The number of rotatable bonds is 7. The number of piperidine rings is 1. The Hall–Kier alpha value is -3.15. The Morgan fingerprint density at radius 3 is 2.56 bits per heavy atom. The summed E-state index contributed by atoms with van der Waals surface area (Å²) in [4.78, 5) is 13.7. The standard InChI is InChI=1S/C29H31NO4/c31-26(20-33-28-8-4-3-7-25(28)18-27-11-12-29(32)34-27)19-30-15-13-22(14-16-30)24-10-9-21-5-1-2-6-23(21)17-24/h1-10,17-18,22,26,31H,11-16,19-20H2/t26-/m0/s1. The Morgan fingerprint density at radius 1 is 1.00 bits per heavy atom. The second-order valence-electron chi connectivity index (χ2n) is 9.27. The lowest BCUT2D eigenvalue weighted by atomic mass is 9.88. The molecule has 2 aliphatic rings. The minimum Gasteiger partial charge on any atom is -0.490 e. The van der Waals surface area contributed by atoms with Crippen LogP contribution in [0.1, 0.15) is 42.7 Å². The molecule has 0 saturated carbocycles. The molecular formula is C29H31NO4. The average Bonchev–Trinajstić information content (AvgIpc) is 3.28. The van der Waals surface area contributed by atoms with E-state index in [1.807, 2.05) is 30.3 Å². The number of allylic oxidation sites excluding steroid dienone is 1. The highest BCUT2D eigenvalue weighted by Gasteiger charge is 2.23. The van der Waals surface area contributed by atoms with Crippen LogP contribution in [0.2, 0.25) is 0 Å². The number of likely N-dealkylation sites (tertiary alicyclic amines) is 1. The van der Waals surface area contributed by atoms with E-state index in [1.165, 1.54) is 16.3 Å². The van der Waals surface area contributed by atoms with Crippen molar-refractivity contribution in [2.45, 2.75) is 37.7 Å². The molecule has 0 bridgehead atoms. The van der Waals surface area contributed by atoms with E-state index in [0.29, 0.717) is 36.8 Å². The van der Waals surface area contributed by atoms with Crippen molar-refractivity contribution in [3.63, 3.8) is 0 Å². The number of carbonyl (C=O) groups is 1. The summed E-state index contributed by atoms with van der Waals surface area (Å²) in [5.41, 5.74) is 2.27. The zero-order valence-electron chi connectivity index (χ0n) is 19.4. The van der Waals surface area contributed by atoms with Gasteiger partial charge in [-0.05, 0) is 60.3 Å². The molecule has 0 spiro atoms. The van der Waals surface area contributed by atoms with Gasteiger partial charge in [0.05, 0.1) is 6.42 Å². The minimum atomic E-state index is -0.567. The molecule has 5 rings (SSSR count). The molecule has 3 aromatic rings. The molecule has 3 aromatic carbocycles. The van der Waals surface area contributed by atoms with Gasteiger partial charge in [-0.25, -0.2) is 0 Å². The smallest absolute Gasteiger partial charge is 0.311 e. The second kappa shape index (κ2) is 10.4. The Balaban J connectivity index is 1.12. The predicted molar refractivity (Wildman–Crippen MR) is 134 cm³/mol. The summed E-state index contributed by atoms with van der Waals surface area (Å²) in [6, 6.07) is 23.0. The molecule has 1 N–H and O–H groups in total. The number of esters is 1. The fourth-order valence-corrected chi connectivity index (χ4v) is 4.93. The molecule has 176 valence electrons. The lowest BCUT2D eigenvalue weighted by molar-refractivity contribution is -0.135. The van der Waals surface area contributed by atoms with Crippen LogP contribution in [0.3, 0.4) is 0 Å². The number of hydrogen-bond donors (Lipinski definition) is 1. The number of benzene rings is 3. The van der Waals surface area contributed by atoms with Gasteiger partial charge in [-0.15, -0.1) is 0 Å². The number of carbonyl (C=O) groups excluding carboxylic acids is 1. The summed E-state index contributed by atoms with van der Waals surface area (Å²) >= 11 is 0. The van der Waals surface area contributed by atoms with E-state index in [-0.39, 0.29) is 12.6 Å². The Labute approximate surface area is 200 Å². The molecule has 2 saturated heterocycles. The van der Waals surface area contributed by atoms with Crippen molar-refractivity contribution in [2.24, 2.45) is 0 Å². The molecule has 0 aliphatic carbocycles. The summed E-state index contributed by atoms with van der Waals surface area (Å²) in [6.07, 6.45) is 4.52. The molecular weight excluding hydrogens is 426 g/mol. The summed E-state index contributed by atoms with van der Waals surface area (Å²) in [5.74, 6) is 1.73. The van der Waals surface area contributed by atoms with Crippen LogP contribution in [0.4, 0.5) is 0 Å². The van der Waals surface area contributed by atoms with Gasteiger partial charge in [-0.1, -0.05) is 60.7 Å². The number of fused-ring (bicyclic) bond motifs is 1. The molecule has 0 aromatic heterocycles. The zero-order chi connectivity index (χ0) is 23.3. The van der Waals surface area contributed by atoms with E-state index >= 15 is 0 Å². The number of nitrogens with zero attached hydrogens (tertiary/aromatic N) is 1. The van der Waals surface area contributed by atoms with Gasteiger partial charge in [-0.2, -0.15) is 0 Å². The molecule has 34 heavy (non-hydrogen) atoms. The van der Waals surface area contributed by atoms with Crippen molar-refractivity contribution in [3.05, 3.63) is 83.6 Å². The van der Waals surface area contributed by atoms with Gasteiger partial charge in [0.15, 0.2) is 0 Å². The maximum atomic E-state index is 11.4. The van der Waals surface area contributed by atoms with Crippen molar-refractivity contribution in [2.75, 3.05) is 26.2 Å². The van der Waals surface area contributed by atoms with Gasteiger partial charge >= 0.3 is 5.97 Å². The summed E-state index contributed by atoms with van der Waals surface area (Å²) in [6.45, 7) is 2.78. The highest BCUT2D eigenvalue weighted by atomic mass is 16.5. The SMILES string of the molecule is O=C1CCC(=Cc2ccccc2OC[C@@H](O)CN2CCC(c3ccc4ccccc4c3)CC2)O1. The third kappa shape index (κ3) is 5.49. The van der Waals surface area contributed by atoms with Gasteiger partial charge in [0, 0.05) is 18.5 Å². The van der Waals surface area contributed by atoms with Crippen LogP contribution >= 0.6 is 0 Å². The number of β-amino-alcohol motifs (C(OH)–C–C–N with tert-alkyl or cyclic N) is 1. The molecule has 5 nitrogen and oxygen atoms in total. The third-order valence-corrected chi connectivity index (χ3v) is 6.79.